The zero-order valence-corrected chi connectivity index (χ0v) is 12.6. The van der Waals surface area contributed by atoms with Gasteiger partial charge in [0.15, 0.2) is 0 Å². The van der Waals surface area contributed by atoms with Crippen molar-refractivity contribution in [2.75, 3.05) is 6.54 Å². The molecule has 0 unspecified atom stereocenters. The van der Waals surface area contributed by atoms with Crippen LogP contribution in [0.3, 0.4) is 0 Å². The van der Waals surface area contributed by atoms with Gasteiger partial charge in [0.05, 0.1) is 10.8 Å². The molecule has 0 aliphatic rings. The molecule has 0 aliphatic heterocycles. The molecule has 0 fully saturated rings. The van der Waals surface area contributed by atoms with Gasteiger partial charge in [0, 0.05) is 16.3 Å². The van der Waals surface area contributed by atoms with E-state index in [2.05, 4.69) is 0 Å². The summed E-state index contributed by atoms with van der Waals surface area (Å²) in [6.07, 6.45) is -4.58. The SMILES string of the molecule is CC(C)N(CC(F)(F)F)S(=O)(=O)c1csc(CCl)c1. The Morgan fingerprint density at radius 2 is 2.00 bits per heavy atom. The number of hydrogen-bond acceptors (Lipinski definition) is 3. The first kappa shape index (κ1) is 16.7. The smallest absolute Gasteiger partial charge is 0.207 e. The molecular weight excluding hydrogens is 323 g/mol. The topological polar surface area (TPSA) is 37.4 Å². The Morgan fingerprint density at radius 1 is 1.42 bits per heavy atom. The minimum Gasteiger partial charge on any atom is -0.207 e. The molecule has 110 valence electrons. The van der Waals surface area contributed by atoms with Crippen LogP contribution in [-0.4, -0.2) is 31.5 Å². The van der Waals surface area contributed by atoms with E-state index in [0.717, 1.165) is 11.3 Å². The van der Waals surface area contributed by atoms with Crippen LogP contribution in [0.4, 0.5) is 13.2 Å². The highest BCUT2D eigenvalue weighted by atomic mass is 35.5. The van der Waals surface area contributed by atoms with Crippen LogP contribution in [-0.2, 0) is 15.9 Å². The van der Waals surface area contributed by atoms with Gasteiger partial charge in [0.25, 0.3) is 0 Å². The summed E-state index contributed by atoms with van der Waals surface area (Å²) in [5.74, 6) is 0.126. The van der Waals surface area contributed by atoms with Crippen LogP contribution in [0, 0.1) is 0 Å². The quantitative estimate of drug-likeness (QED) is 0.773. The van der Waals surface area contributed by atoms with Crippen LogP contribution in [0.5, 0.6) is 0 Å². The number of alkyl halides is 4. The summed E-state index contributed by atoms with van der Waals surface area (Å²) in [5.41, 5.74) is 0. The average molecular weight is 336 g/mol. The maximum Gasteiger partial charge on any atom is 0.402 e. The van der Waals surface area contributed by atoms with E-state index in [4.69, 9.17) is 11.6 Å². The molecule has 1 aromatic heterocycles. The lowest BCUT2D eigenvalue weighted by molar-refractivity contribution is -0.138. The second-order valence-electron chi connectivity index (χ2n) is 4.14. The van der Waals surface area contributed by atoms with Gasteiger partial charge in [-0.15, -0.1) is 22.9 Å². The fourth-order valence-electron chi connectivity index (χ4n) is 1.42. The number of thiophene rings is 1. The number of halogens is 4. The first-order valence-electron chi connectivity index (χ1n) is 5.30. The Bertz CT molecular complexity index is 525. The predicted octanol–water partition coefficient (Wildman–Crippen LogP) is 3.45. The van der Waals surface area contributed by atoms with Crippen molar-refractivity contribution < 1.29 is 21.6 Å². The molecule has 0 amide bonds. The van der Waals surface area contributed by atoms with Gasteiger partial charge >= 0.3 is 6.18 Å². The molecule has 0 aliphatic carbocycles. The summed E-state index contributed by atoms with van der Waals surface area (Å²) in [6, 6.07) is 0.518. The van der Waals surface area contributed by atoms with Gasteiger partial charge in [-0.05, 0) is 19.9 Å². The molecule has 1 rings (SSSR count). The number of hydrogen-bond donors (Lipinski definition) is 0. The summed E-state index contributed by atoms with van der Waals surface area (Å²) in [4.78, 5) is 0.446. The first-order chi connectivity index (χ1) is 8.58. The number of nitrogens with zero attached hydrogens (tertiary/aromatic N) is 1. The van der Waals surface area contributed by atoms with Crippen molar-refractivity contribution in [2.45, 2.75) is 36.8 Å². The molecule has 1 heterocycles. The lowest BCUT2D eigenvalue weighted by Crippen LogP contribution is -2.43. The highest BCUT2D eigenvalue weighted by molar-refractivity contribution is 7.89. The molecule has 0 saturated carbocycles. The van der Waals surface area contributed by atoms with Crippen LogP contribution in [0.2, 0.25) is 0 Å². The molecule has 0 radical (unpaired) electrons. The van der Waals surface area contributed by atoms with Crippen molar-refractivity contribution in [3.63, 3.8) is 0 Å². The second-order valence-corrected chi connectivity index (χ2v) is 7.30. The third-order valence-corrected chi connectivity index (χ3v) is 5.81. The van der Waals surface area contributed by atoms with Crippen molar-refractivity contribution in [3.05, 3.63) is 16.3 Å². The van der Waals surface area contributed by atoms with E-state index in [1.807, 2.05) is 0 Å². The van der Waals surface area contributed by atoms with Crippen LogP contribution in [0.25, 0.3) is 0 Å². The van der Waals surface area contributed by atoms with Crippen molar-refractivity contribution in [1.82, 2.24) is 4.31 Å². The van der Waals surface area contributed by atoms with Crippen LogP contribution in [0.15, 0.2) is 16.3 Å². The molecule has 0 aromatic carbocycles. The van der Waals surface area contributed by atoms with Gasteiger partial charge in [0.2, 0.25) is 10.0 Å². The predicted molar refractivity (Wildman–Crippen MR) is 69.0 cm³/mol. The lowest BCUT2D eigenvalue weighted by atomic mass is 10.4. The second kappa shape index (κ2) is 5.99. The molecule has 3 nitrogen and oxygen atoms in total. The third-order valence-electron chi connectivity index (χ3n) is 2.28. The standard InChI is InChI=1S/C10H13ClF3NO2S2/c1-7(2)15(6-10(12,13)14)19(16,17)9-3-8(4-11)18-5-9/h3,5,7H,4,6H2,1-2H3. The highest BCUT2D eigenvalue weighted by Crippen LogP contribution is 2.28. The Kier molecular flexibility index (Phi) is 5.28. The molecule has 0 spiro atoms. The molecule has 1 aromatic rings. The summed E-state index contributed by atoms with van der Waals surface area (Å²) in [6.45, 7) is 1.30. The van der Waals surface area contributed by atoms with Gasteiger partial charge < -0.3 is 0 Å². The van der Waals surface area contributed by atoms with E-state index in [0.29, 0.717) is 9.18 Å². The highest BCUT2D eigenvalue weighted by Gasteiger charge is 2.38. The van der Waals surface area contributed by atoms with Crippen molar-refractivity contribution >= 4 is 33.0 Å². The first-order valence-corrected chi connectivity index (χ1v) is 8.15. The van der Waals surface area contributed by atoms with Gasteiger partial charge in [-0.3, -0.25) is 0 Å². The maximum absolute atomic E-state index is 12.5. The minimum atomic E-state index is -4.58. The normalized spacial score (nSPS) is 13.5. The Morgan fingerprint density at radius 3 is 2.37 bits per heavy atom. The van der Waals surface area contributed by atoms with E-state index in [9.17, 15) is 21.6 Å². The number of sulfonamides is 1. The molecule has 0 atom stereocenters. The molecule has 0 N–H and O–H groups in total. The summed E-state index contributed by atoms with van der Waals surface area (Å²) < 4.78 is 62.2. The van der Waals surface area contributed by atoms with E-state index in [1.54, 1.807) is 0 Å². The summed E-state index contributed by atoms with van der Waals surface area (Å²) in [5, 5.41) is 1.30. The molecule has 0 saturated heterocycles. The molecule has 19 heavy (non-hydrogen) atoms. The largest absolute Gasteiger partial charge is 0.402 e. The molecular formula is C10H13ClF3NO2S2. The fourth-order valence-corrected chi connectivity index (χ4v) is 4.42. The maximum atomic E-state index is 12.5. The van der Waals surface area contributed by atoms with Gasteiger partial charge in [-0.25, -0.2) is 8.42 Å². The van der Waals surface area contributed by atoms with E-state index >= 15 is 0 Å². The molecule has 9 heteroatoms. The Labute approximate surface area is 119 Å². The van der Waals surface area contributed by atoms with E-state index < -0.39 is 28.8 Å². The monoisotopic (exact) mass is 335 g/mol. The van der Waals surface area contributed by atoms with E-state index in [1.165, 1.54) is 25.3 Å². The minimum absolute atomic E-state index is 0.126. The number of rotatable bonds is 5. The summed E-state index contributed by atoms with van der Waals surface area (Å²) >= 11 is 6.67. The zero-order chi connectivity index (χ0) is 14.8. The van der Waals surface area contributed by atoms with Crippen LogP contribution < -0.4 is 0 Å². The van der Waals surface area contributed by atoms with Gasteiger partial charge in [0.1, 0.15) is 6.54 Å². The van der Waals surface area contributed by atoms with Crippen molar-refractivity contribution in [3.8, 4) is 0 Å². The molecule has 0 bridgehead atoms. The third kappa shape index (κ3) is 4.34. The summed E-state index contributed by atoms with van der Waals surface area (Å²) in [7, 11) is -4.16. The van der Waals surface area contributed by atoms with Gasteiger partial charge in [-0.2, -0.15) is 17.5 Å². The zero-order valence-electron chi connectivity index (χ0n) is 10.2. The lowest BCUT2D eigenvalue weighted by Gasteiger charge is -2.26. The van der Waals surface area contributed by atoms with Crippen LogP contribution in [0.1, 0.15) is 18.7 Å². The fraction of sp³-hybridized carbons (Fsp3) is 0.600. The van der Waals surface area contributed by atoms with E-state index in [-0.39, 0.29) is 10.8 Å². The Balaban J connectivity index is 3.13. The van der Waals surface area contributed by atoms with Crippen molar-refractivity contribution in [2.24, 2.45) is 0 Å². The van der Waals surface area contributed by atoms with Crippen LogP contribution >= 0.6 is 22.9 Å². The van der Waals surface area contributed by atoms with Crippen molar-refractivity contribution in [1.29, 1.82) is 0 Å². The average Bonchev–Trinajstić information content (AvgIpc) is 2.73. The Hall–Kier alpha value is -0.310. The van der Waals surface area contributed by atoms with Gasteiger partial charge in [-0.1, -0.05) is 0 Å².